The Kier molecular flexibility index (Phi) is 5.52. The van der Waals surface area contributed by atoms with E-state index in [4.69, 9.17) is 0 Å². The average molecular weight is 473 g/mol. The topological polar surface area (TPSA) is 77.8 Å². The molecule has 0 unspecified atom stereocenters. The molecule has 0 spiro atoms. The number of carboxylic acids is 1. The van der Waals surface area contributed by atoms with Crippen molar-refractivity contribution >= 4 is 5.97 Å². The zero-order valence-electron chi connectivity index (χ0n) is 22.4. The second-order valence-electron chi connectivity index (χ2n) is 14.7. The Morgan fingerprint density at radius 2 is 1.44 bits per heavy atom. The Morgan fingerprint density at radius 3 is 2.12 bits per heavy atom. The highest BCUT2D eigenvalue weighted by atomic mass is 16.4. The van der Waals surface area contributed by atoms with Gasteiger partial charge in [0.05, 0.1) is 17.6 Å². The number of carbonyl (C=O) groups is 1. The maximum Gasteiger partial charge on any atom is 0.312 e. The quantitative estimate of drug-likeness (QED) is 0.397. The Bertz CT molecular complexity index is 892. The molecule has 0 aliphatic heterocycles. The van der Waals surface area contributed by atoms with Gasteiger partial charge < -0.3 is 15.3 Å². The Balaban J connectivity index is 1.51. The number of hydrogen-bond donors (Lipinski definition) is 3. The van der Waals surface area contributed by atoms with Crippen molar-refractivity contribution in [3.05, 3.63) is 11.6 Å². The van der Waals surface area contributed by atoms with Crippen LogP contribution < -0.4 is 0 Å². The summed E-state index contributed by atoms with van der Waals surface area (Å²) in [4.78, 5) is 12.5. The van der Waals surface area contributed by atoms with Crippen LogP contribution in [0, 0.1) is 50.7 Å². The van der Waals surface area contributed by atoms with E-state index in [2.05, 4.69) is 40.7 Å². The van der Waals surface area contributed by atoms with Crippen molar-refractivity contribution in [3.8, 4) is 0 Å². The van der Waals surface area contributed by atoms with E-state index in [0.29, 0.717) is 24.2 Å². The second kappa shape index (κ2) is 7.57. The van der Waals surface area contributed by atoms with Crippen LogP contribution in [0.25, 0.3) is 0 Å². The molecule has 34 heavy (non-hydrogen) atoms. The highest BCUT2D eigenvalue weighted by molar-refractivity contribution is 5.76. The fraction of sp³-hybridized carbons (Fsp3) is 0.900. The van der Waals surface area contributed by atoms with E-state index < -0.39 is 17.5 Å². The molecule has 0 amide bonds. The number of rotatable bonds is 1. The molecule has 3 N–H and O–H groups in total. The van der Waals surface area contributed by atoms with Crippen LogP contribution in [0.2, 0.25) is 0 Å². The minimum atomic E-state index is -1.05. The molecule has 4 nitrogen and oxygen atoms in total. The summed E-state index contributed by atoms with van der Waals surface area (Å²) in [6.07, 6.45) is 11.7. The van der Waals surface area contributed by atoms with Crippen LogP contribution in [0.1, 0.15) is 106 Å². The van der Waals surface area contributed by atoms with Gasteiger partial charge in [-0.15, -0.1) is 0 Å². The van der Waals surface area contributed by atoms with Gasteiger partial charge in [-0.25, -0.2) is 0 Å². The lowest BCUT2D eigenvalue weighted by molar-refractivity contribution is -0.199. The van der Waals surface area contributed by atoms with Gasteiger partial charge in [-0.2, -0.15) is 0 Å². The van der Waals surface area contributed by atoms with E-state index >= 15 is 0 Å². The zero-order chi connectivity index (χ0) is 24.9. The summed E-state index contributed by atoms with van der Waals surface area (Å²) < 4.78 is 0. The molecule has 4 saturated carbocycles. The average Bonchev–Trinajstić information content (AvgIpc) is 2.91. The summed E-state index contributed by atoms with van der Waals surface area (Å²) in [6.45, 7) is 13.8. The maximum absolute atomic E-state index is 12.5. The van der Waals surface area contributed by atoms with Crippen molar-refractivity contribution in [2.24, 2.45) is 50.7 Å². The molecule has 0 aromatic rings. The Morgan fingerprint density at radius 1 is 0.794 bits per heavy atom. The fourth-order valence-corrected chi connectivity index (χ4v) is 10.9. The standard InChI is InChI=1S/C30H48O4/c1-26(2)20-9-7-18-17-27(3)14-11-22-29(5,16-13-24(32)30(22,6)25(33)34)21(27)10-8-19(18)28(20,4)15-12-23(26)31/h7,19-24,31-32H,8-17H2,1-6H3,(H,33,34)/t19-,20+,21+,22-,23-,24+,27+,28-,29-,30-/m1/s1. The van der Waals surface area contributed by atoms with Crippen LogP contribution in [0.4, 0.5) is 0 Å². The summed E-state index contributed by atoms with van der Waals surface area (Å²) in [5.74, 6) is 0.778. The summed E-state index contributed by atoms with van der Waals surface area (Å²) in [6, 6.07) is 0. The van der Waals surface area contributed by atoms with E-state index in [-0.39, 0.29) is 33.7 Å². The SMILES string of the molecule is CC1(C)[C@H](O)CC[C@]2(C)[C@@H]3CC[C@H]4[C@@](C)(CC[C@@H]5[C@]4(C)CC[C@H](O)[C@]5(C)C(=O)O)CC3=CC[C@@H]12. The molecule has 5 aliphatic rings. The van der Waals surface area contributed by atoms with Crippen LogP contribution in [0.3, 0.4) is 0 Å². The van der Waals surface area contributed by atoms with Gasteiger partial charge >= 0.3 is 5.97 Å². The van der Waals surface area contributed by atoms with Crippen LogP contribution in [0.15, 0.2) is 11.6 Å². The normalized spacial score (nSPS) is 54.4. The minimum absolute atomic E-state index is 0.0283. The third-order valence-electron chi connectivity index (χ3n) is 13.0. The molecule has 0 bridgehead atoms. The Labute approximate surface area is 206 Å². The van der Waals surface area contributed by atoms with Gasteiger partial charge in [-0.05, 0) is 116 Å². The number of fused-ring (bicyclic) bond motifs is 6. The molecule has 5 rings (SSSR count). The third kappa shape index (κ3) is 3.06. The zero-order valence-corrected chi connectivity index (χ0v) is 22.4. The maximum atomic E-state index is 12.5. The number of carboxylic acid groups (broad SMARTS) is 1. The monoisotopic (exact) mass is 472 g/mol. The minimum Gasteiger partial charge on any atom is -0.481 e. The molecule has 0 saturated heterocycles. The molecule has 4 heteroatoms. The van der Waals surface area contributed by atoms with Crippen LogP contribution in [-0.4, -0.2) is 33.5 Å². The van der Waals surface area contributed by atoms with Crippen LogP contribution in [0.5, 0.6) is 0 Å². The molecular weight excluding hydrogens is 424 g/mol. The van der Waals surface area contributed by atoms with Crippen molar-refractivity contribution in [2.45, 2.75) is 118 Å². The highest BCUT2D eigenvalue weighted by Crippen LogP contribution is 2.70. The van der Waals surface area contributed by atoms with Gasteiger partial charge in [0.25, 0.3) is 0 Å². The first-order valence-electron chi connectivity index (χ1n) is 14.0. The van der Waals surface area contributed by atoms with E-state index in [1.165, 1.54) is 6.42 Å². The highest BCUT2D eigenvalue weighted by Gasteiger charge is 2.65. The van der Waals surface area contributed by atoms with E-state index in [0.717, 1.165) is 51.4 Å². The smallest absolute Gasteiger partial charge is 0.312 e. The molecule has 0 aromatic carbocycles. The summed E-state index contributed by atoms with van der Waals surface area (Å²) in [7, 11) is 0. The van der Waals surface area contributed by atoms with Crippen molar-refractivity contribution in [2.75, 3.05) is 0 Å². The van der Waals surface area contributed by atoms with Gasteiger partial charge in [0.2, 0.25) is 0 Å². The molecular formula is C30H48O4. The van der Waals surface area contributed by atoms with Gasteiger partial charge in [-0.1, -0.05) is 46.3 Å². The molecule has 4 fully saturated rings. The molecule has 0 heterocycles. The summed E-state index contributed by atoms with van der Waals surface area (Å²) >= 11 is 0. The lowest BCUT2D eigenvalue weighted by Gasteiger charge is -2.63. The largest absolute Gasteiger partial charge is 0.481 e. The number of aliphatic carboxylic acids is 1. The molecule has 192 valence electrons. The molecule has 0 aromatic heterocycles. The van der Waals surface area contributed by atoms with Crippen LogP contribution >= 0.6 is 0 Å². The number of aliphatic hydroxyl groups excluding tert-OH is 2. The number of aliphatic hydroxyl groups is 2. The summed E-state index contributed by atoms with van der Waals surface area (Å²) in [5.41, 5.74) is 0.936. The number of allylic oxidation sites excluding steroid dienone is 2. The van der Waals surface area contributed by atoms with Crippen LogP contribution in [-0.2, 0) is 4.79 Å². The molecule has 0 radical (unpaired) electrons. The van der Waals surface area contributed by atoms with Crippen molar-refractivity contribution in [1.29, 1.82) is 0 Å². The van der Waals surface area contributed by atoms with Crippen molar-refractivity contribution < 1.29 is 20.1 Å². The van der Waals surface area contributed by atoms with Gasteiger partial charge in [0, 0.05) is 0 Å². The van der Waals surface area contributed by atoms with Gasteiger partial charge in [0.15, 0.2) is 0 Å². The predicted molar refractivity (Wildman–Crippen MR) is 134 cm³/mol. The van der Waals surface area contributed by atoms with Gasteiger partial charge in [-0.3, -0.25) is 4.79 Å². The van der Waals surface area contributed by atoms with Crippen molar-refractivity contribution in [1.82, 2.24) is 0 Å². The Hall–Kier alpha value is -0.870. The number of hydrogen-bond acceptors (Lipinski definition) is 3. The second-order valence-corrected chi connectivity index (χ2v) is 14.7. The molecule has 10 atom stereocenters. The van der Waals surface area contributed by atoms with Crippen molar-refractivity contribution in [3.63, 3.8) is 0 Å². The van der Waals surface area contributed by atoms with E-state index in [9.17, 15) is 20.1 Å². The predicted octanol–water partition coefficient (Wildman–Crippen LogP) is 6.20. The van der Waals surface area contributed by atoms with E-state index in [1.54, 1.807) is 5.57 Å². The first kappa shape index (κ1) is 24.8. The first-order chi connectivity index (χ1) is 15.7. The lowest BCUT2D eigenvalue weighted by atomic mass is 9.41. The first-order valence-corrected chi connectivity index (χ1v) is 14.0. The third-order valence-corrected chi connectivity index (χ3v) is 13.0. The molecule has 5 aliphatic carbocycles. The fourth-order valence-electron chi connectivity index (χ4n) is 10.9. The van der Waals surface area contributed by atoms with E-state index in [1.807, 2.05) is 6.92 Å². The summed E-state index contributed by atoms with van der Waals surface area (Å²) in [5, 5.41) is 32.0. The van der Waals surface area contributed by atoms with Gasteiger partial charge in [0.1, 0.15) is 0 Å². The lowest BCUT2D eigenvalue weighted by Crippen LogP contribution is -2.61.